The summed E-state index contributed by atoms with van der Waals surface area (Å²) in [6.45, 7) is 7.59. The van der Waals surface area contributed by atoms with E-state index in [4.69, 9.17) is 0 Å². The summed E-state index contributed by atoms with van der Waals surface area (Å²) >= 11 is 0. The molecule has 0 amide bonds. The van der Waals surface area contributed by atoms with E-state index in [9.17, 15) is 0 Å². The molecule has 3 heteroatoms. The van der Waals surface area contributed by atoms with Gasteiger partial charge in [0.05, 0.1) is 5.69 Å². The van der Waals surface area contributed by atoms with Crippen molar-refractivity contribution in [2.75, 3.05) is 0 Å². The lowest BCUT2D eigenvalue weighted by Crippen LogP contribution is -2.43. The van der Waals surface area contributed by atoms with Crippen LogP contribution < -0.4 is 5.32 Å². The summed E-state index contributed by atoms with van der Waals surface area (Å²) in [7, 11) is 2.02. The molecule has 1 N–H and O–H groups in total. The van der Waals surface area contributed by atoms with Crippen LogP contribution in [0.2, 0.25) is 0 Å². The zero-order valence-corrected chi connectivity index (χ0v) is 11.6. The Kier molecular flexibility index (Phi) is 3.57. The highest BCUT2D eigenvalue weighted by Gasteiger charge is 2.26. The Morgan fingerprint density at radius 1 is 1.24 bits per heavy atom. The van der Waals surface area contributed by atoms with E-state index in [1.807, 2.05) is 11.7 Å². The Morgan fingerprint density at radius 3 is 2.41 bits per heavy atom. The van der Waals surface area contributed by atoms with Crippen molar-refractivity contribution < 1.29 is 0 Å². The van der Waals surface area contributed by atoms with E-state index in [2.05, 4.69) is 31.2 Å². The van der Waals surface area contributed by atoms with E-state index < -0.39 is 0 Å². The van der Waals surface area contributed by atoms with Crippen molar-refractivity contribution in [3.8, 4) is 0 Å². The smallest absolute Gasteiger partial charge is 0.0641 e. The van der Waals surface area contributed by atoms with Crippen LogP contribution in [0.25, 0.3) is 0 Å². The minimum absolute atomic E-state index is 0.340. The maximum Gasteiger partial charge on any atom is 0.0641 e. The van der Waals surface area contributed by atoms with Gasteiger partial charge in [-0.2, -0.15) is 5.10 Å². The van der Waals surface area contributed by atoms with Crippen molar-refractivity contribution in [1.82, 2.24) is 15.1 Å². The molecule has 0 aromatic carbocycles. The lowest BCUT2D eigenvalue weighted by molar-refractivity contribution is 0.252. The van der Waals surface area contributed by atoms with Gasteiger partial charge in [-0.1, -0.05) is 19.3 Å². The Hall–Kier alpha value is -0.830. The van der Waals surface area contributed by atoms with E-state index in [1.54, 1.807) is 0 Å². The number of hydrogen-bond acceptors (Lipinski definition) is 2. The van der Waals surface area contributed by atoms with Gasteiger partial charge in [0.2, 0.25) is 0 Å². The number of aryl methyl sites for hydroxylation is 2. The highest BCUT2D eigenvalue weighted by Crippen LogP contribution is 2.28. The Balaban J connectivity index is 2.01. The van der Waals surface area contributed by atoms with Gasteiger partial charge in [0.1, 0.15) is 0 Å². The second kappa shape index (κ2) is 4.81. The summed E-state index contributed by atoms with van der Waals surface area (Å²) in [6.07, 6.45) is 6.77. The van der Waals surface area contributed by atoms with E-state index in [-0.39, 0.29) is 0 Å². The molecule has 1 aromatic rings. The molecule has 1 saturated carbocycles. The molecule has 1 aliphatic carbocycles. The Labute approximate surface area is 105 Å². The lowest BCUT2D eigenvalue weighted by Gasteiger charge is -2.34. The van der Waals surface area contributed by atoms with Gasteiger partial charge >= 0.3 is 0 Å². The van der Waals surface area contributed by atoms with Gasteiger partial charge in [-0.15, -0.1) is 0 Å². The monoisotopic (exact) mass is 235 g/mol. The standard InChI is InChI=1S/C14H25N3/c1-11-13(12(2)17(4)16-11)10-15-14(3)8-6-5-7-9-14/h15H,5-10H2,1-4H3. The van der Waals surface area contributed by atoms with Crippen molar-refractivity contribution in [1.29, 1.82) is 0 Å². The normalized spacial score (nSPS) is 19.5. The van der Waals surface area contributed by atoms with Crippen LogP contribution in [-0.2, 0) is 13.6 Å². The van der Waals surface area contributed by atoms with Crippen molar-refractivity contribution >= 4 is 0 Å². The van der Waals surface area contributed by atoms with Crippen molar-refractivity contribution in [3.05, 3.63) is 17.0 Å². The summed E-state index contributed by atoms with van der Waals surface area (Å²) in [5, 5.41) is 8.23. The molecule has 0 radical (unpaired) electrons. The average Bonchev–Trinajstić information content (AvgIpc) is 2.52. The Bertz CT molecular complexity index is 386. The van der Waals surface area contributed by atoms with E-state index >= 15 is 0 Å². The second-order valence-corrected chi connectivity index (χ2v) is 5.75. The molecular weight excluding hydrogens is 210 g/mol. The molecule has 0 spiro atoms. The third-order valence-electron chi connectivity index (χ3n) is 4.31. The zero-order valence-electron chi connectivity index (χ0n) is 11.6. The van der Waals surface area contributed by atoms with E-state index in [1.165, 1.54) is 43.4 Å². The third kappa shape index (κ3) is 2.71. The summed E-state index contributed by atoms with van der Waals surface area (Å²) in [5.74, 6) is 0. The summed E-state index contributed by atoms with van der Waals surface area (Å²) in [6, 6.07) is 0. The SMILES string of the molecule is Cc1nn(C)c(C)c1CNC1(C)CCCCC1. The zero-order chi connectivity index (χ0) is 12.5. The molecule has 1 aliphatic rings. The summed E-state index contributed by atoms with van der Waals surface area (Å²) in [5.41, 5.74) is 4.16. The Morgan fingerprint density at radius 2 is 1.88 bits per heavy atom. The highest BCUT2D eigenvalue weighted by molar-refractivity contribution is 5.24. The molecular formula is C14H25N3. The summed E-state index contributed by atoms with van der Waals surface area (Å²) in [4.78, 5) is 0. The van der Waals surface area contributed by atoms with Gasteiger partial charge in [0.15, 0.2) is 0 Å². The van der Waals surface area contributed by atoms with Gasteiger partial charge in [0.25, 0.3) is 0 Å². The number of nitrogens with zero attached hydrogens (tertiary/aromatic N) is 2. The van der Waals surface area contributed by atoms with Crippen LogP contribution in [0.15, 0.2) is 0 Å². The molecule has 3 nitrogen and oxygen atoms in total. The van der Waals surface area contributed by atoms with Crippen molar-refractivity contribution in [2.24, 2.45) is 7.05 Å². The van der Waals surface area contributed by atoms with Crippen LogP contribution in [0, 0.1) is 13.8 Å². The molecule has 1 heterocycles. The van der Waals surface area contributed by atoms with Crippen LogP contribution in [-0.4, -0.2) is 15.3 Å². The molecule has 17 heavy (non-hydrogen) atoms. The van der Waals surface area contributed by atoms with Crippen LogP contribution >= 0.6 is 0 Å². The maximum absolute atomic E-state index is 4.47. The van der Waals surface area contributed by atoms with Gasteiger partial charge in [-0.05, 0) is 33.6 Å². The molecule has 1 aromatic heterocycles. The van der Waals surface area contributed by atoms with Gasteiger partial charge < -0.3 is 5.32 Å². The average molecular weight is 235 g/mol. The topological polar surface area (TPSA) is 29.9 Å². The van der Waals surface area contributed by atoms with Gasteiger partial charge in [0, 0.05) is 30.4 Å². The quantitative estimate of drug-likeness (QED) is 0.873. The number of hydrogen-bond donors (Lipinski definition) is 1. The number of rotatable bonds is 3. The van der Waals surface area contributed by atoms with Crippen molar-refractivity contribution in [2.45, 2.75) is 65.0 Å². The number of nitrogens with one attached hydrogen (secondary N) is 1. The molecule has 96 valence electrons. The molecule has 0 aliphatic heterocycles. The number of aromatic nitrogens is 2. The van der Waals surface area contributed by atoms with Crippen molar-refractivity contribution in [3.63, 3.8) is 0 Å². The fourth-order valence-electron chi connectivity index (χ4n) is 2.88. The van der Waals surface area contributed by atoms with Gasteiger partial charge in [-0.3, -0.25) is 4.68 Å². The van der Waals surface area contributed by atoms with Crippen LogP contribution in [0.5, 0.6) is 0 Å². The first-order valence-electron chi connectivity index (χ1n) is 6.76. The first kappa shape index (κ1) is 12.6. The highest BCUT2D eigenvalue weighted by atomic mass is 15.3. The third-order valence-corrected chi connectivity index (χ3v) is 4.31. The van der Waals surface area contributed by atoms with Gasteiger partial charge in [-0.25, -0.2) is 0 Å². The predicted molar refractivity (Wildman–Crippen MR) is 71.0 cm³/mol. The van der Waals surface area contributed by atoms with Crippen LogP contribution in [0.1, 0.15) is 56.0 Å². The molecule has 0 saturated heterocycles. The van der Waals surface area contributed by atoms with Crippen LogP contribution in [0.4, 0.5) is 0 Å². The maximum atomic E-state index is 4.47. The predicted octanol–water partition coefficient (Wildman–Crippen LogP) is 2.85. The van der Waals surface area contributed by atoms with Crippen LogP contribution in [0.3, 0.4) is 0 Å². The summed E-state index contributed by atoms with van der Waals surface area (Å²) < 4.78 is 1.98. The lowest BCUT2D eigenvalue weighted by atomic mass is 9.83. The second-order valence-electron chi connectivity index (χ2n) is 5.75. The molecule has 0 unspecified atom stereocenters. The molecule has 0 bridgehead atoms. The first-order chi connectivity index (χ1) is 8.02. The molecule has 2 rings (SSSR count). The molecule has 0 atom stereocenters. The van der Waals surface area contributed by atoms with E-state index in [0.717, 1.165) is 12.2 Å². The fraction of sp³-hybridized carbons (Fsp3) is 0.786. The first-order valence-corrected chi connectivity index (χ1v) is 6.76. The molecule has 1 fully saturated rings. The minimum atomic E-state index is 0.340. The minimum Gasteiger partial charge on any atom is -0.307 e. The largest absolute Gasteiger partial charge is 0.307 e. The van der Waals surface area contributed by atoms with E-state index in [0.29, 0.717) is 5.54 Å². The fourth-order valence-corrected chi connectivity index (χ4v) is 2.88.